The van der Waals surface area contributed by atoms with Gasteiger partial charge in [-0.3, -0.25) is 0 Å². The number of rotatable bonds is 4. The third kappa shape index (κ3) is 2.89. The van der Waals surface area contributed by atoms with Crippen LogP contribution in [0.25, 0.3) is 0 Å². The van der Waals surface area contributed by atoms with Crippen molar-refractivity contribution in [2.24, 2.45) is 0 Å². The number of aryl methyl sites for hydroxylation is 1. The Morgan fingerprint density at radius 1 is 1.05 bits per heavy atom. The molecule has 0 aliphatic carbocycles. The van der Waals surface area contributed by atoms with Gasteiger partial charge in [0.15, 0.2) is 0 Å². The van der Waals surface area contributed by atoms with Crippen LogP contribution in [0.15, 0.2) is 36.4 Å². The van der Waals surface area contributed by atoms with E-state index in [2.05, 4.69) is 0 Å². The SMILES string of the molecule is COc1cccc(OC)c1C(O)c1cc(C)cc(Cl)c1. The Labute approximate surface area is 123 Å². The van der Waals surface area contributed by atoms with Gasteiger partial charge in [-0.05, 0) is 42.3 Å². The van der Waals surface area contributed by atoms with Gasteiger partial charge in [0.05, 0.1) is 19.8 Å². The molecule has 2 rings (SSSR count). The minimum atomic E-state index is -0.863. The number of hydrogen-bond donors (Lipinski definition) is 1. The molecule has 1 N–H and O–H groups in total. The van der Waals surface area contributed by atoms with Gasteiger partial charge in [0.2, 0.25) is 0 Å². The molecule has 106 valence electrons. The lowest BCUT2D eigenvalue weighted by Gasteiger charge is -2.19. The molecule has 2 aromatic carbocycles. The third-order valence-corrected chi connectivity index (χ3v) is 3.34. The summed E-state index contributed by atoms with van der Waals surface area (Å²) < 4.78 is 10.6. The summed E-state index contributed by atoms with van der Waals surface area (Å²) >= 11 is 6.06. The molecule has 3 nitrogen and oxygen atoms in total. The number of hydrogen-bond acceptors (Lipinski definition) is 3. The molecule has 0 fully saturated rings. The fourth-order valence-electron chi connectivity index (χ4n) is 2.24. The van der Waals surface area contributed by atoms with Crippen molar-refractivity contribution in [2.45, 2.75) is 13.0 Å². The lowest BCUT2D eigenvalue weighted by atomic mass is 9.98. The highest BCUT2D eigenvalue weighted by molar-refractivity contribution is 6.30. The summed E-state index contributed by atoms with van der Waals surface area (Å²) in [6.07, 6.45) is -0.863. The molecule has 0 amide bonds. The standard InChI is InChI=1S/C16H17ClO3/c1-10-7-11(9-12(17)8-10)16(18)15-13(19-2)5-4-6-14(15)20-3/h4-9,16,18H,1-3H3. The van der Waals surface area contributed by atoms with E-state index in [1.165, 1.54) is 0 Å². The van der Waals surface area contributed by atoms with E-state index in [0.29, 0.717) is 27.6 Å². The molecule has 0 spiro atoms. The Kier molecular flexibility index (Phi) is 4.53. The second-order valence-electron chi connectivity index (χ2n) is 4.54. The summed E-state index contributed by atoms with van der Waals surface area (Å²) in [6, 6.07) is 10.9. The zero-order valence-electron chi connectivity index (χ0n) is 11.7. The normalized spacial score (nSPS) is 12.1. The molecule has 4 heteroatoms. The summed E-state index contributed by atoms with van der Waals surface area (Å²) in [4.78, 5) is 0. The Bertz CT molecular complexity index is 568. The average Bonchev–Trinajstić information content (AvgIpc) is 2.44. The Morgan fingerprint density at radius 2 is 1.65 bits per heavy atom. The fourth-order valence-corrected chi connectivity index (χ4v) is 2.54. The molecule has 0 heterocycles. The molecule has 2 aromatic rings. The molecule has 1 atom stereocenters. The monoisotopic (exact) mass is 292 g/mol. The van der Waals surface area contributed by atoms with Crippen LogP contribution in [-0.2, 0) is 0 Å². The summed E-state index contributed by atoms with van der Waals surface area (Å²) in [5, 5.41) is 11.2. The zero-order chi connectivity index (χ0) is 14.7. The van der Waals surface area contributed by atoms with Gasteiger partial charge in [0, 0.05) is 5.02 Å². The van der Waals surface area contributed by atoms with Crippen molar-refractivity contribution in [3.8, 4) is 11.5 Å². The maximum Gasteiger partial charge on any atom is 0.128 e. The van der Waals surface area contributed by atoms with E-state index in [-0.39, 0.29) is 0 Å². The summed E-state index contributed by atoms with van der Waals surface area (Å²) in [5.41, 5.74) is 2.29. The lowest BCUT2D eigenvalue weighted by molar-refractivity contribution is 0.208. The van der Waals surface area contributed by atoms with Crippen LogP contribution in [0, 0.1) is 6.92 Å². The highest BCUT2D eigenvalue weighted by atomic mass is 35.5. The van der Waals surface area contributed by atoms with Gasteiger partial charge in [-0.1, -0.05) is 23.7 Å². The molecular formula is C16H17ClO3. The Hall–Kier alpha value is -1.71. The molecule has 0 saturated heterocycles. The first kappa shape index (κ1) is 14.7. The highest BCUT2D eigenvalue weighted by Crippen LogP contribution is 2.38. The van der Waals surface area contributed by atoms with Gasteiger partial charge < -0.3 is 14.6 Å². The van der Waals surface area contributed by atoms with Crippen LogP contribution in [0.4, 0.5) is 0 Å². The Morgan fingerprint density at radius 3 is 2.15 bits per heavy atom. The molecule has 1 unspecified atom stereocenters. The fraction of sp³-hybridized carbons (Fsp3) is 0.250. The molecule has 20 heavy (non-hydrogen) atoms. The van der Waals surface area contributed by atoms with Crippen LogP contribution < -0.4 is 9.47 Å². The average molecular weight is 293 g/mol. The third-order valence-electron chi connectivity index (χ3n) is 3.12. The lowest BCUT2D eigenvalue weighted by Crippen LogP contribution is -2.05. The van der Waals surface area contributed by atoms with Gasteiger partial charge in [-0.25, -0.2) is 0 Å². The molecule has 0 aliphatic heterocycles. The van der Waals surface area contributed by atoms with Crippen LogP contribution in [0.1, 0.15) is 22.8 Å². The number of methoxy groups -OCH3 is 2. The minimum Gasteiger partial charge on any atom is -0.496 e. The van der Waals surface area contributed by atoms with Crippen molar-refractivity contribution in [2.75, 3.05) is 14.2 Å². The largest absolute Gasteiger partial charge is 0.496 e. The van der Waals surface area contributed by atoms with Crippen molar-refractivity contribution in [1.82, 2.24) is 0 Å². The number of benzene rings is 2. The Balaban J connectivity index is 2.54. The highest BCUT2D eigenvalue weighted by Gasteiger charge is 2.20. The van der Waals surface area contributed by atoms with Crippen LogP contribution in [-0.4, -0.2) is 19.3 Å². The molecule has 0 bridgehead atoms. The van der Waals surface area contributed by atoms with Crippen LogP contribution in [0.2, 0.25) is 5.02 Å². The van der Waals surface area contributed by atoms with Gasteiger partial charge >= 0.3 is 0 Å². The van der Waals surface area contributed by atoms with Crippen LogP contribution in [0.3, 0.4) is 0 Å². The maximum absolute atomic E-state index is 10.6. The van der Waals surface area contributed by atoms with E-state index in [9.17, 15) is 5.11 Å². The van der Waals surface area contributed by atoms with E-state index in [1.807, 2.05) is 25.1 Å². The van der Waals surface area contributed by atoms with Gasteiger partial charge in [0.1, 0.15) is 17.6 Å². The second-order valence-corrected chi connectivity index (χ2v) is 4.98. The van der Waals surface area contributed by atoms with Crippen molar-refractivity contribution in [1.29, 1.82) is 0 Å². The van der Waals surface area contributed by atoms with E-state index < -0.39 is 6.10 Å². The molecule has 0 saturated carbocycles. The molecular weight excluding hydrogens is 276 g/mol. The number of ether oxygens (including phenoxy) is 2. The predicted octanol–water partition coefficient (Wildman–Crippen LogP) is 3.75. The molecule has 0 aromatic heterocycles. The number of halogens is 1. The maximum atomic E-state index is 10.6. The molecule has 0 radical (unpaired) electrons. The van der Waals surface area contributed by atoms with Gasteiger partial charge in [-0.15, -0.1) is 0 Å². The van der Waals surface area contributed by atoms with Crippen LogP contribution in [0.5, 0.6) is 11.5 Å². The first-order valence-corrected chi connectivity index (χ1v) is 6.60. The van der Waals surface area contributed by atoms with Crippen molar-refractivity contribution in [3.63, 3.8) is 0 Å². The molecule has 0 aliphatic rings. The first-order valence-electron chi connectivity index (χ1n) is 6.23. The zero-order valence-corrected chi connectivity index (χ0v) is 12.4. The number of aliphatic hydroxyl groups is 1. The van der Waals surface area contributed by atoms with Crippen molar-refractivity contribution < 1.29 is 14.6 Å². The first-order chi connectivity index (χ1) is 9.56. The van der Waals surface area contributed by atoms with Gasteiger partial charge in [0.25, 0.3) is 0 Å². The van der Waals surface area contributed by atoms with Crippen LogP contribution >= 0.6 is 11.6 Å². The van der Waals surface area contributed by atoms with E-state index in [1.54, 1.807) is 32.4 Å². The predicted molar refractivity (Wildman–Crippen MR) is 79.8 cm³/mol. The number of aliphatic hydroxyl groups excluding tert-OH is 1. The second kappa shape index (κ2) is 6.16. The quantitative estimate of drug-likeness (QED) is 0.933. The van der Waals surface area contributed by atoms with Gasteiger partial charge in [-0.2, -0.15) is 0 Å². The minimum absolute atomic E-state index is 0.578. The van der Waals surface area contributed by atoms with E-state index in [4.69, 9.17) is 21.1 Å². The summed E-state index contributed by atoms with van der Waals surface area (Å²) in [6.45, 7) is 1.93. The summed E-state index contributed by atoms with van der Waals surface area (Å²) in [7, 11) is 3.13. The summed E-state index contributed by atoms with van der Waals surface area (Å²) in [5.74, 6) is 1.16. The smallest absolute Gasteiger partial charge is 0.128 e. The van der Waals surface area contributed by atoms with Crippen molar-refractivity contribution in [3.05, 3.63) is 58.1 Å². The van der Waals surface area contributed by atoms with Crippen molar-refractivity contribution >= 4 is 11.6 Å². The topological polar surface area (TPSA) is 38.7 Å². The van der Waals surface area contributed by atoms with E-state index in [0.717, 1.165) is 5.56 Å². The van der Waals surface area contributed by atoms with E-state index >= 15 is 0 Å².